The minimum atomic E-state index is 0.264. The molecule has 14 aromatic carbocycles. The van der Waals surface area contributed by atoms with Crippen molar-refractivity contribution in [3.8, 4) is 101 Å². The number of rotatable bonds is 9. The Balaban J connectivity index is 0.000000104. The van der Waals surface area contributed by atoms with E-state index in [1.807, 2.05) is 297 Å². The summed E-state index contributed by atoms with van der Waals surface area (Å²) in [5.41, 5.74) is 21.6. The molecule has 12 nitrogen and oxygen atoms in total. The van der Waals surface area contributed by atoms with Gasteiger partial charge in [-0.2, -0.15) is 0 Å². The summed E-state index contributed by atoms with van der Waals surface area (Å²) in [5, 5.41) is 8.09. The Labute approximate surface area is 740 Å². The van der Waals surface area contributed by atoms with Gasteiger partial charge in [-0.25, -0.2) is 59.8 Å². The Morgan fingerprint density at radius 2 is 0.475 bits per heavy atom. The van der Waals surface area contributed by atoms with Gasteiger partial charge in [0.05, 0.1) is 66.6 Å². The number of para-hydroxylation sites is 3. The van der Waals surface area contributed by atoms with E-state index < -0.39 is 0 Å². The first-order chi connectivity index (χ1) is 59.9. The van der Waals surface area contributed by atoms with Crippen molar-refractivity contribution in [3.05, 3.63) is 420 Å². The van der Waals surface area contributed by atoms with Crippen molar-refractivity contribution < 1.29 is 0 Å². The van der Waals surface area contributed by atoms with Gasteiger partial charge in [0.1, 0.15) is 4.83 Å². The van der Waals surface area contributed by atoms with E-state index in [0.29, 0.717) is 10.6 Å². The van der Waals surface area contributed by atoms with Crippen molar-refractivity contribution in [3.63, 3.8) is 0 Å². The number of hydrogen-bond acceptors (Lipinski definition) is 14. The Bertz CT molecular complexity index is 7340. The summed E-state index contributed by atoms with van der Waals surface area (Å²) >= 11 is 39.7. The molecule has 0 spiro atoms. The molecule has 0 aliphatic carbocycles. The van der Waals surface area contributed by atoms with Crippen LogP contribution in [0, 0.1) is 0 Å². The monoisotopic (exact) mass is 1730 g/mol. The average molecular weight is 1730 g/mol. The van der Waals surface area contributed by atoms with Gasteiger partial charge in [-0.15, -0.1) is 22.7 Å². The van der Waals surface area contributed by atoms with Gasteiger partial charge in [0.15, 0.2) is 0 Å². The van der Waals surface area contributed by atoms with Crippen LogP contribution >= 0.6 is 92.3 Å². The second-order valence-corrected chi connectivity index (χ2v) is 31.6. The van der Waals surface area contributed by atoms with Gasteiger partial charge < -0.3 is 0 Å². The van der Waals surface area contributed by atoms with Crippen molar-refractivity contribution >= 4 is 166 Å². The molecule has 0 radical (unpaired) electrons. The molecule has 0 aliphatic rings. The maximum absolute atomic E-state index is 6.11. The van der Waals surface area contributed by atoms with Crippen molar-refractivity contribution in [2.24, 2.45) is 0 Å². The zero-order chi connectivity index (χ0) is 83.1. The Morgan fingerprint density at radius 1 is 0.180 bits per heavy atom. The second kappa shape index (κ2) is 38.3. The lowest BCUT2D eigenvalue weighted by molar-refractivity contribution is 1.18. The summed E-state index contributed by atoms with van der Waals surface area (Å²) in [7, 11) is 0. The van der Waals surface area contributed by atoms with Gasteiger partial charge in [0.2, 0.25) is 31.7 Å². The SMILES string of the molecule is Clc1nc(-c2ccc(-c3ccccc3)cc2)c2ccccc2n1.Clc1nc(-c2cccc(-c3ccccc3)c2)c2ccccc2n1.Clc1nc(-c2ccccc2)c2c(n1)sc1ccccc12.Clc1nc(-c2ccccc2)c2ccccc2n1.Clc1nc(-c2ccccc2)c2sc3ccccc3c2n1.Clc1nc(-c2ccccc2)cc(-c2ccccc2)n1. The molecule has 0 bridgehead atoms. The van der Waals surface area contributed by atoms with E-state index in [-0.39, 0.29) is 21.1 Å². The lowest BCUT2D eigenvalue weighted by Crippen LogP contribution is -1.91. The highest BCUT2D eigenvalue weighted by Gasteiger charge is 2.19. The number of nitrogens with zero attached hydrogens (tertiary/aromatic N) is 12. The topological polar surface area (TPSA) is 155 Å². The lowest BCUT2D eigenvalue weighted by Gasteiger charge is -2.08. The van der Waals surface area contributed by atoms with Crippen LogP contribution in [0.3, 0.4) is 0 Å². The lowest BCUT2D eigenvalue weighted by atomic mass is 10.00. The number of fused-ring (bicyclic) bond motifs is 9. The van der Waals surface area contributed by atoms with Crippen LogP contribution in [0.1, 0.15) is 0 Å². The number of aromatic nitrogens is 12. The third-order valence-electron chi connectivity index (χ3n) is 19.6. The summed E-state index contributed by atoms with van der Waals surface area (Å²) in [6, 6.07) is 130. The third kappa shape index (κ3) is 19.0. The molecule has 0 unspecified atom stereocenters. The minimum Gasteiger partial charge on any atom is -0.218 e. The summed E-state index contributed by atoms with van der Waals surface area (Å²) in [6.45, 7) is 0. The fourth-order valence-corrected chi connectivity index (χ4v) is 17.3. The predicted molar refractivity (Wildman–Crippen MR) is 509 cm³/mol. The number of thiophene rings is 2. The molecule has 0 saturated carbocycles. The first-order valence-corrected chi connectivity index (χ1v) is 42.4. The van der Waals surface area contributed by atoms with Gasteiger partial charge in [-0.3, -0.25) is 0 Å². The average Bonchev–Trinajstić information content (AvgIpc) is 1.44. The van der Waals surface area contributed by atoms with E-state index >= 15 is 0 Å². The Hall–Kier alpha value is -13.5. The molecule has 0 N–H and O–H groups in total. The van der Waals surface area contributed by atoms with E-state index in [4.69, 9.17) is 69.6 Å². The van der Waals surface area contributed by atoms with Crippen molar-refractivity contribution in [1.82, 2.24) is 59.8 Å². The molecule has 8 heterocycles. The smallest absolute Gasteiger partial charge is 0.218 e. The Morgan fingerprint density at radius 3 is 0.951 bits per heavy atom. The molecule has 0 saturated heterocycles. The van der Waals surface area contributed by atoms with Gasteiger partial charge >= 0.3 is 0 Å². The molecule has 0 fully saturated rings. The zero-order valence-corrected chi connectivity index (χ0v) is 70.6. The van der Waals surface area contributed by atoms with Crippen molar-refractivity contribution in [1.29, 1.82) is 0 Å². The van der Waals surface area contributed by atoms with E-state index in [9.17, 15) is 0 Å². The summed E-state index contributed by atoms with van der Waals surface area (Å²) in [5.74, 6) is 0. The number of halogens is 6. The summed E-state index contributed by atoms with van der Waals surface area (Å²) < 4.78 is 3.49. The molecule has 0 amide bonds. The normalized spacial score (nSPS) is 10.9. The molecule has 22 aromatic rings. The van der Waals surface area contributed by atoms with Crippen LogP contribution in [0.5, 0.6) is 0 Å². The van der Waals surface area contributed by atoms with Crippen LogP contribution in [-0.2, 0) is 0 Å². The van der Waals surface area contributed by atoms with Crippen LogP contribution in [-0.4, -0.2) is 59.8 Å². The minimum absolute atomic E-state index is 0.264. The molecule has 8 aromatic heterocycles. The maximum Gasteiger partial charge on any atom is 0.224 e. The quantitative estimate of drug-likeness (QED) is 0.126. The second-order valence-electron chi connectivity index (χ2n) is 27.4. The van der Waals surface area contributed by atoms with Crippen LogP contribution in [0.4, 0.5) is 0 Å². The fourth-order valence-electron chi connectivity index (χ4n) is 14.0. The van der Waals surface area contributed by atoms with Crippen LogP contribution in [0.2, 0.25) is 31.7 Å². The molecule has 586 valence electrons. The molecular weight excluding hydrogens is 1670 g/mol. The maximum atomic E-state index is 6.11. The molecular formula is C102H64Cl6N12S2. The van der Waals surface area contributed by atoms with Crippen LogP contribution in [0.15, 0.2) is 388 Å². The first-order valence-electron chi connectivity index (χ1n) is 38.5. The highest BCUT2D eigenvalue weighted by Crippen LogP contribution is 2.42. The largest absolute Gasteiger partial charge is 0.224 e. The molecule has 0 atom stereocenters. The number of benzene rings is 14. The van der Waals surface area contributed by atoms with Crippen LogP contribution in [0.25, 0.3) is 174 Å². The highest BCUT2D eigenvalue weighted by molar-refractivity contribution is 7.26. The van der Waals surface area contributed by atoms with E-state index in [1.165, 1.54) is 31.5 Å². The molecule has 22 rings (SSSR count). The van der Waals surface area contributed by atoms with E-state index in [0.717, 1.165) is 143 Å². The number of hydrogen-bond donors (Lipinski definition) is 0. The predicted octanol–water partition coefficient (Wildman–Crippen LogP) is 30.0. The van der Waals surface area contributed by atoms with Gasteiger partial charge in [-0.1, -0.05) is 346 Å². The standard InChI is InChI=1S/2C20H13ClN2.2C16H9ClN2S.C16H11ClN2.C14H9ClN2/c21-20-22-18-12-5-4-11-17(18)19(23-20)16-10-6-9-15(13-16)14-7-2-1-3-8-14;21-20-22-18-9-5-4-8-17(18)19(23-20)16-12-10-15(11-13-16)14-6-2-1-3-7-14;17-16-18-14(10-6-2-1-3-7-10)13-11-8-4-5-9-12(11)20-15(13)19-16;17-16-18-13(10-6-2-1-3-7-10)15-14(19-16)11-8-4-5-9-12(11)20-15;17-16-18-14(12-7-3-1-4-8-12)11-15(19-16)13-9-5-2-6-10-13;15-14-16-12-9-5-4-8-11(12)13(17-14)10-6-2-1-3-7-10/h2*1-13H;2*1-9H;1-11H;1-9H. The molecule has 0 aliphatic heterocycles. The fraction of sp³-hybridized carbons (Fsp3) is 0. The zero-order valence-electron chi connectivity index (χ0n) is 64.4. The van der Waals surface area contributed by atoms with E-state index in [1.54, 1.807) is 22.7 Å². The first kappa shape index (κ1) is 80.9. The summed E-state index contributed by atoms with van der Waals surface area (Å²) in [4.78, 5) is 53.2. The van der Waals surface area contributed by atoms with Gasteiger partial charge in [0, 0.05) is 80.7 Å². The van der Waals surface area contributed by atoms with E-state index in [2.05, 4.69) is 151 Å². The van der Waals surface area contributed by atoms with Crippen LogP contribution < -0.4 is 0 Å². The highest BCUT2D eigenvalue weighted by atomic mass is 35.5. The Kier molecular flexibility index (Phi) is 25.4. The van der Waals surface area contributed by atoms with Gasteiger partial charge in [-0.05, 0) is 134 Å². The molecule has 122 heavy (non-hydrogen) atoms. The summed E-state index contributed by atoms with van der Waals surface area (Å²) in [6.07, 6.45) is 0. The molecule has 20 heteroatoms. The van der Waals surface area contributed by atoms with Gasteiger partial charge in [0.25, 0.3) is 0 Å². The van der Waals surface area contributed by atoms with Crippen molar-refractivity contribution in [2.45, 2.75) is 0 Å². The van der Waals surface area contributed by atoms with Crippen molar-refractivity contribution in [2.75, 3.05) is 0 Å². The third-order valence-corrected chi connectivity index (χ3v) is 22.9.